The molecule has 0 spiro atoms. The third-order valence-corrected chi connectivity index (χ3v) is 6.01. The van der Waals surface area contributed by atoms with Gasteiger partial charge in [-0.3, -0.25) is 18.9 Å². The van der Waals surface area contributed by atoms with Gasteiger partial charge in [-0.2, -0.15) is 0 Å². The summed E-state index contributed by atoms with van der Waals surface area (Å²) in [6.07, 6.45) is -1.22. The molecular formula is C14H22N3O8P. The van der Waals surface area contributed by atoms with Crippen molar-refractivity contribution < 1.29 is 28.6 Å². The first-order valence-corrected chi connectivity index (χ1v) is 9.77. The number of aryl methyl sites for hydroxylation is 1. The fraction of sp³-hybridized carbons (Fsp3) is 0.714. The average Bonchev–Trinajstić information content (AvgIpc) is 2.98. The Balaban J connectivity index is 1.64. The van der Waals surface area contributed by atoms with Crippen LogP contribution in [0.25, 0.3) is 0 Å². The molecule has 2 fully saturated rings. The summed E-state index contributed by atoms with van der Waals surface area (Å²) in [6, 6.07) is 0. The van der Waals surface area contributed by atoms with E-state index in [1.54, 1.807) is 6.92 Å². The number of nitrogens with zero attached hydrogens (tertiary/aromatic N) is 2. The van der Waals surface area contributed by atoms with E-state index < -0.39 is 37.4 Å². The van der Waals surface area contributed by atoms with Gasteiger partial charge in [-0.1, -0.05) is 0 Å². The number of aliphatic hydroxyl groups excluding tert-OH is 1. The molecule has 3 rings (SSSR count). The predicted octanol–water partition coefficient (Wildman–Crippen LogP) is -1.06. The van der Waals surface area contributed by atoms with Crippen LogP contribution in [0.4, 0.5) is 0 Å². The summed E-state index contributed by atoms with van der Waals surface area (Å²) >= 11 is 0. The molecule has 12 heteroatoms. The highest BCUT2D eigenvalue weighted by molar-refractivity contribution is 7.50. The number of aliphatic hydroxyl groups is 1. The van der Waals surface area contributed by atoms with Crippen molar-refractivity contribution in [3.63, 3.8) is 0 Å². The maximum atomic E-state index is 12.3. The number of hydrogen-bond acceptors (Lipinski definition) is 7. The van der Waals surface area contributed by atoms with Crippen molar-refractivity contribution in [3.8, 4) is 0 Å². The molecule has 11 nitrogen and oxygen atoms in total. The lowest BCUT2D eigenvalue weighted by Crippen LogP contribution is -2.35. The van der Waals surface area contributed by atoms with Crippen molar-refractivity contribution in [1.29, 1.82) is 0 Å². The first-order chi connectivity index (χ1) is 12.3. The van der Waals surface area contributed by atoms with Gasteiger partial charge in [0.2, 0.25) is 0 Å². The van der Waals surface area contributed by atoms with Crippen molar-refractivity contribution in [3.05, 3.63) is 32.6 Å². The molecule has 0 bridgehead atoms. The standard InChI is InChI=1S/C14H22N3O8P/c1-9-7-17(14(20)15-13(9)19)12-6-10(18)11(25-12)8-24-26(21,22)16-2-4-23-5-3-16/h7,10-12,18H,2-6,8H2,1H3,(H,21,22)(H,15,19,20)/t10-,11-,12-/m1/s1. The minimum absolute atomic E-state index is 0.0900. The topological polar surface area (TPSA) is 143 Å². The SMILES string of the molecule is Cc1cn([C@H]2C[C@@H](O)[C@@H](COP(=O)(O)N3CCOCC3)O2)c(=O)[nH]c1=O. The number of nitrogens with one attached hydrogen (secondary N) is 1. The van der Waals surface area contributed by atoms with Crippen LogP contribution in [0.5, 0.6) is 0 Å². The van der Waals surface area contributed by atoms with E-state index in [1.165, 1.54) is 15.4 Å². The second-order valence-corrected chi connectivity index (χ2v) is 8.07. The van der Waals surface area contributed by atoms with E-state index in [1.807, 2.05) is 0 Å². The molecular weight excluding hydrogens is 369 g/mol. The maximum absolute atomic E-state index is 12.3. The average molecular weight is 391 g/mol. The smallest absolute Gasteiger partial charge is 0.390 e. The van der Waals surface area contributed by atoms with Crippen LogP contribution >= 0.6 is 7.75 Å². The van der Waals surface area contributed by atoms with E-state index in [0.717, 1.165) is 0 Å². The summed E-state index contributed by atoms with van der Waals surface area (Å²) in [5.41, 5.74) is -0.813. The summed E-state index contributed by atoms with van der Waals surface area (Å²) in [7, 11) is -4.02. The largest absolute Gasteiger partial charge is 0.405 e. The van der Waals surface area contributed by atoms with Crippen LogP contribution in [-0.4, -0.2) is 69.3 Å². The fourth-order valence-electron chi connectivity index (χ4n) is 2.89. The molecule has 4 atom stereocenters. The zero-order chi connectivity index (χ0) is 18.9. The Morgan fingerprint density at radius 2 is 2.08 bits per heavy atom. The Bertz CT molecular complexity index is 802. The molecule has 2 aliphatic rings. The van der Waals surface area contributed by atoms with Crippen molar-refractivity contribution >= 4 is 7.75 Å². The van der Waals surface area contributed by atoms with Crippen LogP contribution in [0.2, 0.25) is 0 Å². The zero-order valence-corrected chi connectivity index (χ0v) is 15.1. The number of aromatic amines is 1. The molecule has 1 aromatic heterocycles. The molecule has 146 valence electrons. The van der Waals surface area contributed by atoms with Gasteiger partial charge in [0, 0.05) is 31.3 Å². The van der Waals surface area contributed by atoms with E-state index in [0.29, 0.717) is 18.8 Å². The highest BCUT2D eigenvalue weighted by Crippen LogP contribution is 2.47. The number of H-pyrrole nitrogens is 1. The second kappa shape index (κ2) is 7.73. The van der Waals surface area contributed by atoms with E-state index >= 15 is 0 Å². The molecule has 2 aliphatic heterocycles. The normalized spacial score (nSPS) is 29.6. The number of hydrogen-bond donors (Lipinski definition) is 3. The lowest BCUT2D eigenvalue weighted by Gasteiger charge is -2.30. The number of rotatable bonds is 5. The lowest BCUT2D eigenvalue weighted by atomic mass is 10.2. The molecule has 3 N–H and O–H groups in total. The minimum Gasteiger partial charge on any atom is -0.390 e. The van der Waals surface area contributed by atoms with Gasteiger partial charge >= 0.3 is 13.4 Å². The Labute approximate surface area is 148 Å². The fourth-order valence-corrected chi connectivity index (χ4v) is 4.07. The summed E-state index contributed by atoms with van der Waals surface area (Å²) in [5, 5.41) is 10.1. The molecule has 1 aromatic rings. The van der Waals surface area contributed by atoms with Gasteiger partial charge in [0.15, 0.2) is 0 Å². The number of aromatic nitrogens is 2. The van der Waals surface area contributed by atoms with Crippen LogP contribution < -0.4 is 11.2 Å². The van der Waals surface area contributed by atoms with E-state index in [-0.39, 0.29) is 26.1 Å². The molecule has 26 heavy (non-hydrogen) atoms. The van der Waals surface area contributed by atoms with Gasteiger partial charge in [-0.25, -0.2) is 14.0 Å². The van der Waals surface area contributed by atoms with Crippen LogP contribution in [0.1, 0.15) is 18.2 Å². The van der Waals surface area contributed by atoms with Gasteiger partial charge in [0.1, 0.15) is 12.3 Å². The van der Waals surface area contributed by atoms with Crippen molar-refractivity contribution in [2.24, 2.45) is 0 Å². The highest BCUT2D eigenvalue weighted by atomic mass is 31.2. The first kappa shape index (κ1) is 19.4. The maximum Gasteiger partial charge on any atom is 0.405 e. The summed E-state index contributed by atoms with van der Waals surface area (Å²) in [6.45, 7) is 2.47. The van der Waals surface area contributed by atoms with E-state index in [4.69, 9.17) is 14.0 Å². The monoisotopic (exact) mass is 391 g/mol. The Hall–Kier alpha value is -1.33. The summed E-state index contributed by atoms with van der Waals surface area (Å²) in [5.74, 6) is 0. The van der Waals surface area contributed by atoms with Crippen molar-refractivity contribution in [1.82, 2.24) is 14.2 Å². The minimum atomic E-state index is -4.02. The highest BCUT2D eigenvalue weighted by Gasteiger charge is 2.39. The van der Waals surface area contributed by atoms with Crippen molar-refractivity contribution in [2.45, 2.75) is 31.8 Å². The third kappa shape index (κ3) is 4.15. The van der Waals surface area contributed by atoms with Gasteiger partial charge < -0.3 is 19.5 Å². The van der Waals surface area contributed by atoms with Crippen LogP contribution in [0, 0.1) is 6.92 Å². The van der Waals surface area contributed by atoms with Gasteiger partial charge in [0.25, 0.3) is 5.56 Å². The second-order valence-electron chi connectivity index (χ2n) is 6.26. The van der Waals surface area contributed by atoms with Crippen LogP contribution in [-0.2, 0) is 18.6 Å². The Morgan fingerprint density at radius 3 is 2.77 bits per heavy atom. The van der Waals surface area contributed by atoms with Crippen LogP contribution in [0.3, 0.4) is 0 Å². The Morgan fingerprint density at radius 1 is 1.38 bits per heavy atom. The molecule has 0 amide bonds. The van der Waals surface area contributed by atoms with Crippen molar-refractivity contribution in [2.75, 3.05) is 32.9 Å². The molecule has 0 aromatic carbocycles. The molecule has 1 unspecified atom stereocenters. The van der Waals surface area contributed by atoms with E-state index in [9.17, 15) is 24.2 Å². The quantitative estimate of drug-likeness (QED) is 0.535. The van der Waals surface area contributed by atoms with Gasteiger partial charge in [-0.05, 0) is 6.92 Å². The molecule has 2 saturated heterocycles. The third-order valence-electron chi connectivity index (χ3n) is 4.41. The van der Waals surface area contributed by atoms with E-state index in [2.05, 4.69) is 4.98 Å². The van der Waals surface area contributed by atoms with Crippen LogP contribution in [0.15, 0.2) is 15.8 Å². The van der Waals surface area contributed by atoms with Gasteiger partial charge in [0.05, 0.1) is 25.9 Å². The molecule has 3 heterocycles. The predicted molar refractivity (Wildman–Crippen MR) is 88.8 cm³/mol. The first-order valence-electron chi connectivity index (χ1n) is 8.24. The molecule has 0 aliphatic carbocycles. The summed E-state index contributed by atoms with van der Waals surface area (Å²) < 4.78 is 30.6. The number of morpholine rings is 1. The lowest BCUT2D eigenvalue weighted by molar-refractivity contribution is -0.0456. The number of ether oxygens (including phenoxy) is 2. The summed E-state index contributed by atoms with van der Waals surface area (Å²) in [4.78, 5) is 35.6. The molecule has 0 radical (unpaired) electrons. The Kier molecular flexibility index (Phi) is 5.78. The van der Waals surface area contributed by atoms with Gasteiger partial charge in [-0.15, -0.1) is 0 Å². The zero-order valence-electron chi connectivity index (χ0n) is 14.2. The molecule has 0 saturated carbocycles.